The SMILES string of the molecule is C=C(CCC)CC(C)(C)SC(C)CC(C)(C)SCCOCCC(C)(C)CCCC(C)C. The van der Waals surface area contributed by atoms with Crippen LogP contribution in [0.2, 0.25) is 0 Å². The van der Waals surface area contributed by atoms with E-state index in [-0.39, 0.29) is 4.75 Å². The Bertz CT molecular complexity index is 479. The lowest BCUT2D eigenvalue weighted by Crippen LogP contribution is -2.26. The minimum Gasteiger partial charge on any atom is -0.381 e. The van der Waals surface area contributed by atoms with E-state index in [0.717, 1.165) is 37.7 Å². The maximum Gasteiger partial charge on any atom is 0.0556 e. The van der Waals surface area contributed by atoms with Gasteiger partial charge in [0.15, 0.2) is 0 Å². The Hall–Kier alpha value is 0.400. The van der Waals surface area contributed by atoms with E-state index in [1.807, 2.05) is 0 Å². The standard InChI is InChI=1S/C28H56OS2/c1-12-14-24(4)21-28(10,11)31-25(5)22-27(8,9)30-20-19-29-18-17-26(6,7)16-13-15-23(2)3/h23,25H,4,12-22H2,1-3,5-11H3. The molecule has 3 heteroatoms. The van der Waals surface area contributed by atoms with E-state index in [4.69, 9.17) is 4.74 Å². The first-order chi connectivity index (χ1) is 14.2. The molecule has 186 valence electrons. The second-order valence-corrected chi connectivity index (χ2v) is 15.9. The van der Waals surface area contributed by atoms with Gasteiger partial charge in [0.05, 0.1) is 6.61 Å². The highest BCUT2D eigenvalue weighted by atomic mass is 32.2. The van der Waals surface area contributed by atoms with Crippen molar-refractivity contribution in [3.05, 3.63) is 12.2 Å². The number of rotatable bonds is 19. The van der Waals surface area contributed by atoms with Crippen LogP contribution in [0.25, 0.3) is 0 Å². The van der Waals surface area contributed by atoms with E-state index < -0.39 is 0 Å². The lowest BCUT2D eigenvalue weighted by atomic mass is 9.83. The number of hydrogen-bond donors (Lipinski definition) is 0. The zero-order valence-electron chi connectivity index (χ0n) is 22.9. The van der Waals surface area contributed by atoms with Crippen LogP contribution in [0.4, 0.5) is 0 Å². The minimum atomic E-state index is 0.275. The molecule has 0 radical (unpaired) electrons. The number of hydrogen-bond acceptors (Lipinski definition) is 3. The van der Waals surface area contributed by atoms with Gasteiger partial charge in [0.1, 0.15) is 0 Å². The maximum atomic E-state index is 6.01. The molecule has 0 aromatic heterocycles. The highest BCUT2D eigenvalue weighted by molar-refractivity contribution is 8.01. The molecule has 0 aliphatic rings. The van der Waals surface area contributed by atoms with Gasteiger partial charge in [-0.25, -0.2) is 0 Å². The smallest absolute Gasteiger partial charge is 0.0556 e. The van der Waals surface area contributed by atoms with Gasteiger partial charge in [-0.1, -0.05) is 101 Å². The van der Waals surface area contributed by atoms with Crippen molar-refractivity contribution in [2.45, 2.75) is 135 Å². The molecule has 0 saturated carbocycles. The quantitative estimate of drug-likeness (QED) is 0.137. The average molecular weight is 473 g/mol. The highest BCUT2D eigenvalue weighted by Gasteiger charge is 2.27. The van der Waals surface area contributed by atoms with Crippen LogP contribution < -0.4 is 0 Å². The van der Waals surface area contributed by atoms with Crippen LogP contribution in [0.15, 0.2) is 12.2 Å². The Morgan fingerprint density at radius 1 is 0.935 bits per heavy atom. The van der Waals surface area contributed by atoms with E-state index in [2.05, 4.69) is 99.3 Å². The Labute approximate surface area is 205 Å². The molecule has 1 nitrogen and oxygen atoms in total. The predicted octanol–water partition coefficient (Wildman–Crippen LogP) is 9.79. The fourth-order valence-electron chi connectivity index (χ4n) is 4.36. The van der Waals surface area contributed by atoms with Crippen molar-refractivity contribution in [3.8, 4) is 0 Å². The van der Waals surface area contributed by atoms with Crippen molar-refractivity contribution in [1.29, 1.82) is 0 Å². The summed E-state index contributed by atoms with van der Waals surface area (Å²) < 4.78 is 6.58. The second kappa shape index (κ2) is 15.3. The molecule has 0 heterocycles. The Morgan fingerprint density at radius 3 is 2.16 bits per heavy atom. The first-order valence-corrected chi connectivity index (χ1v) is 14.6. The summed E-state index contributed by atoms with van der Waals surface area (Å²) in [5, 5.41) is 0.652. The third kappa shape index (κ3) is 18.5. The van der Waals surface area contributed by atoms with Gasteiger partial charge in [-0.15, -0.1) is 0 Å². The molecular weight excluding hydrogens is 416 g/mol. The van der Waals surface area contributed by atoms with Crippen molar-refractivity contribution < 1.29 is 4.74 Å². The summed E-state index contributed by atoms with van der Waals surface area (Å²) in [5.41, 5.74) is 1.81. The van der Waals surface area contributed by atoms with Crippen LogP contribution in [-0.2, 0) is 4.74 Å². The summed E-state index contributed by atoms with van der Waals surface area (Å²) in [7, 11) is 0. The highest BCUT2D eigenvalue weighted by Crippen LogP contribution is 2.40. The Balaban J connectivity index is 4.10. The average Bonchev–Trinajstić information content (AvgIpc) is 2.55. The number of ether oxygens (including phenoxy) is 1. The van der Waals surface area contributed by atoms with E-state index in [0.29, 0.717) is 15.4 Å². The van der Waals surface area contributed by atoms with Gasteiger partial charge in [0.25, 0.3) is 0 Å². The zero-order valence-corrected chi connectivity index (χ0v) is 24.5. The van der Waals surface area contributed by atoms with E-state index in [1.54, 1.807) is 0 Å². The lowest BCUT2D eigenvalue weighted by molar-refractivity contribution is 0.111. The van der Waals surface area contributed by atoms with Crippen molar-refractivity contribution >= 4 is 23.5 Å². The van der Waals surface area contributed by atoms with Crippen LogP contribution in [0.3, 0.4) is 0 Å². The first-order valence-electron chi connectivity index (χ1n) is 12.7. The molecule has 0 fully saturated rings. The molecule has 0 aliphatic heterocycles. The van der Waals surface area contributed by atoms with Crippen molar-refractivity contribution in [1.82, 2.24) is 0 Å². The minimum absolute atomic E-state index is 0.275. The third-order valence-corrected chi connectivity index (χ3v) is 8.53. The number of thioether (sulfide) groups is 2. The predicted molar refractivity (Wildman–Crippen MR) is 149 cm³/mol. The normalized spacial score (nSPS) is 14.3. The molecule has 31 heavy (non-hydrogen) atoms. The van der Waals surface area contributed by atoms with Crippen LogP contribution in [0.5, 0.6) is 0 Å². The second-order valence-electron chi connectivity index (χ2n) is 12.0. The summed E-state index contributed by atoms with van der Waals surface area (Å²) in [6.45, 7) is 29.7. The van der Waals surface area contributed by atoms with Gasteiger partial charge >= 0.3 is 0 Å². The van der Waals surface area contributed by atoms with Gasteiger partial charge in [-0.3, -0.25) is 0 Å². The van der Waals surface area contributed by atoms with Crippen LogP contribution >= 0.6 is 23.5 Å². The maximum absolute atomic E-state index is 6.01. The number of allylic oxidation sites excluding steroid dienone is 1. The molecule has 1 unspecified atom stereocenters. The Morgan fingerprint density at radius 2 is 1.58 bits per heavy atom. The van der Waals surface area contributed by atoms with E-state index in [1.165, 1.54) is 44.1 Å². The van der Waals surface area contributed by atoms with Gasteiger partial charge < -0.3 is 4.74 Å². The fraction of sp³-hybridized carbons (Fsp3) is 0.929. The molecule has 0 rings (SSSR count). The lowest BCUT2D eigenvalue weighted by Gasteiger charge is -2.33. The zero-order chi connectivity index (χ0) is 24.1. The van der Waals surface area contributed by atoms with Gasteiger partial charge in [-0.2, -0.15) is 23.5 Å². The van der Waals surface area contributed by atoms with Crippen molar-refractivity contribution in [2.75, 3.05) is 19.0 Å². The molecule has 0 N–H and O–H groups in total. The topological polar surface area (TPSA) is 9.23 Å². The fourth-order valence-corrected chi connectivity index (χ4v) is 7.47. The summed E-state index contributed by atoms with van der Waals surface area (Å²) in [5.74, 6) is 1.91. The first kappa shape index (κ1) is 31.4. The molecule has 0 aliphatic carbocycles. The van der Waals surface area contributed by atoms with E-state index in [9.17, 15) is 0 Å². The molecule has 1 atom stereocenters. The van der Waals surface area contributed by atoms with Crippen LogP contribution in [-0.4, -0.2) is 33.7 Å². The molecule has 0 amide bonds. The molecule has 0 spiro atoms. The third-order valence-electron chi connectivity index (χ3n) is 5.86. The summed E-state index contributed by atoms with van der Waals surface area (Å²) in [6, 6.07) is 0. The molecule has 0 aromatic rings. The molecule has 0 bridgehead atoms. The molecule has 0 saturated heterocycles. The monoisotopic (exact) mass is 472 g/mol. The summed E-state index contributed by atoms with van der Waals surface area (Å²) >= 11 is 4.21. The van der Waals surface area contributed by atoms with Gasteiger partial charge in [-0.05, 0) is 43.4 Å². The van der Waals surface area contributed by atoms with Gasteiger partial charge in [0.2, 0.25) is 0 Å². The largest absolute Gasteiger partial charge is 0.381 e. The van der Waals surface area contributed by atoms with Crippen molar-refractivity contribution in [3.63, 3.8) is 0 Å². The van der Waals surface area contributed by atoms with Crippen LogP contribution in [0, 0.1) is 11.3 Å². The molecule has 0 aromatic carbocycles. The van der Waals surface area contributed by atoms with Gasteiger partial charge in [0, 0.05) is 27.1 Å². The summed E-state index contributed by atoms with van der Waals surface area (Å²) in [6.07, 6.45) is 9.90. The Kier molecular flexibility index (Phi) is 15.5. The van der Waals surface area contributed by atoms with Crippen LogP contribution in [0.1, 0.15) is 121 Å². The van der Waals surface area contributed by atoms with Crippen molar-refractivity contribution in [2.24, 2.45) is 11.3 Å². The van der Waals surface area contributed by atoms with E-state index >= 15 is 0 Å². The molecular formula is C28H56OS2. The summed E-state index contributed by atoms with van der Waals surface area (Å²) in [4.78, 5) is 0.